The molecule has 0 saturated carbocycles. The van der Waals surface area contributed by atoms with Gasteiger partial charge in [0, 0.05) is 19.1 Å². The van der Waals surface area contributed by atoms with Crippen molar-refractivity contribution in [2.45, 2.75) is 44.6 Å². The van der Waals surface area contributed by atoms with Crippen LogP contribution in [0.15, 0.2) is 29.2 Å². The Kier molecular flexibility index (Phi) is 7.14. The number of hydrogen-bond acceptors (Lipinski definition) is 4. The smallest absolute Gasteiger partial charge is 0.242 e. The molecule has 6 heteroatoms. The lowest BCUT2D eigenvalue weighted by atomic mass is 10.0. The zero-order chi connectivity index (χ0) is 15.9. The Morgan fingerprint density at radius 1 is 1.24 bits per heavy atom. The minimum absolute atomic E-state index is 0.0625. The van der Waals surface area contributed by atoms with Gasteiger partial charge in [0.25, 0.3) is 0 Å². The monoisotopic (exact) mass is 313 g/mol. The summed E-state index contributed by atoms with van der Waals surface area (Å²) in [6, 6.07) is 7.01. The van der Waals surface area contributed by atoms with Gasteiger partial charge in [0.15, 0.2) is 0 Å². The van der Waals surface area contributed by atoms with Gasteiger partial charge >= 0.3 is 0 Å². The van der Waals surface area contributed by atoms with Crippen LogP contribution in [0.2, 0.25) is 0 Å². The molecule has 0 heterocycles. The molecule has 0 aliphatic rings. The van der Waals surface area contributed by atoms with Gasteiger partial charge in [-0.2, -0.15) is 0 Å². The van der Waals surface area contributed by atoms with Crippen LogP contribution in [0.25, 0.3) is 0 Å². The summed E-state index contributed by atoms with van der Waals surface area (Å²) in [7, 11) is -3.49. The Hall–Kier alpha value is -1.11. The van der Waals surface area contributed by atoms with Crippen LogP contribution in [0, 0.1) is 5.92 Å². The molecule has 0 radical (unpaired) electrons. The van der Waals surface area contributed by atoms with Crippen molar-refractivity contribution in [1.82, 2.24) is 4.72 Å². The molecular formula is C15H27N3O2S. The van der Waals surface area contributed by atoms with E-state index in [9.17, 15) is 8.42 Å². The molecule has 0 saturated heterocycles. The quantitative estimate of drug-likeness (QED) is 0.652. The van der Waals surface area contributed by atoms with Crippen molar-refractivity contribution in [3.8, 4) is 0 Å². The molecule has 1 atom stereocenters. The van der Waals surface area contributed by atoms with Gasteiger partial charge in [0.05, 0.1) is 5.69 Å². The van der Waals surface area contributed by atoms with E-state index in [1.54, 1.807) is 18.2 Å². The van der Waals surface area contributed by atoms with Crippen LogP contribution in [0.4, 0.5) is 5.69 Å². The molecule has 1 aromatic carbocycles. The highest BCUT2D eigenvalue weighted by Gasteiger charge is 2.19. The van der Waals surface area contributed by atoms with Crippen LogP contribution in [-0.4, -0.2) is 27.5 Å². The lowest BCUT2D eigenvalue weighted by Gasteiger charge is -2.22. The lowest BCUT2D eigenvalue weighted by molar-refractivity contribution is 0.521. The number of para-hydroxylation sites is 1. The molecule has 0 aromatic heterocycles. The third-order valence-corrected chi connectivity index (χ3v) is 4.64. The summed E-state index contributed by atoms with van der Waals surface area (Å²) >= 11 is 0. The van der Waals surface area contributed by atoms with E-state index in [1.807, 2.05) is 13.0 Å². The average molecular weight is 313 g/mol. The molecule has 21 heavy (non-hydrogen) atoms. The van der Waals surface area contributed by atoms with E-state index in [0.29, 0.717) is 24.7 Å². The first-order valence-corrected chi connectivity index (χ1v) is 8.94. The molecule has 0 fully saturated rings. The number of anilines is 1. The summed E-state index contributed by atoms with van der Waals surface area (Å²) in [4.78, 5) is 0.278. The van der Waals surface area contributed by atoms with Gasteiger partial charge < -0.3 is 11.1 Å². The van der Waals surface area contributed by atoms with Gasteiger partial charge in [0.1, 0.15) is 4.90 Å². The van der Waals surface area contributed by atoms with E-state index >= 15 is 0 Å². The number of hydrogen-bond donors (Lipinski definition) is 3. The SMILES string of the molecule is CCCNS(=O)(=O)c1ccccc1NC(CN)CC(C)C. The molecule has 4 N–H and O–H groups in total. The van der Waals surface area contributed by atoms with Gasteiger partial charge in [-0.25, -0.2) is 13.1 Å². The van der Waals surface area contributed by atoms with Crippen molar-refractivity contribution < 1.29 is 8.42 Å². The lowest BCUT2D eigenvalue weighted by Crippen LogP contribution is -2.32. The summed E-state index contributed by atoms with van der Waals surface area (Å²) in [6.07, 6.45) is 1.65. The minimum Gasteiger partial charge on any atom is -0.380 e. The fraction of sp³-hybridized carbons (Fsp3) is 0.600. The van der Waals surface area contributed by atoms with Crippen molar-refractivity contribution in [1.29, 1.82) is 0 Å². The standard InChI is InChI=1S/C15H27N3O2S/c1-4-9-17-21(19,20)15-8-6-5-7-14(15)18-13(11-16)10-12(2)3/h5-8,12-13,17-18H,4,9-11,16H2,1-3H3. The Labute approximate surface area is 128 Å². The van der Waals surface area contributed by atoms with Gasteiger partial charge in [-0.05, 0) is 30.9 Å². The van der Waals surface area contributed by atoms with Crippen molar-refractivity contribution >= 4 is 15.7 Å². The predicted octanol–water partition coefficient (Wildman–Crippen LogP) is 2.16. The average Bonchev–Trinajstić information content (AvgIpc) is 2.44. The Morgan fingerprint density at radius 2 is 1.90 bits per heavy atom. The fourth-order valence-electron chi connectivity index (χ4n) is 2.14. The number of nitrogens with one attached hydrogen (secondary N) is 2. The number of sulfonamides is 1. The summed E-state index contributed by atoms with van der Waals surface area (Å²) in [5, 5.41) is 3.27. The first-order valence-electron chi connectivity index (χ1n) is 7.46. The van der Waals surface area contributed by atoms with Crippen molar-refractivity contribution in [2.24, 2.45) is 11.7 Å². The fourth-order valence-corrected chi connectivity index (χ4v) is 3.44. The molecule has 1 unspecified atom stereocenters. The van der Waals surface area contributed by atoms with Gasteiger partial charge in [-0.3, -0.25) is 0 Å². The van der Waals surface area contributed by atoms with E-state index in [2.05, 4.69) is 23.9 Å². The molecule has 0 bridgehead atoms. The molecular weight excluding hydrogens is 286 g/mol. The Balaban J connectivity index is 2.98. The van der Waals surface area contributed by atoms with Crippen LogP contribution < -0.4 is 15.8 Å². The highest BCUT2D eigenvalue weighted by Crippen LogP contribution is 2.22. The van der Waals surface area contributed by atoms with Gasteiger partial charge in [-0.1, -0.05) is 32.9 Å². The summed E-state index contributed by atoms with van der Waals surface area (Å²) in [6.45, 7) is 7.07. The molecule has 5 nitrogen and oxygen atoms in total. The molecule has 0 aliphatic heterocycles. The van der Waals surface area contributed by atoms with Crippen LogP contribution in [0.1, 0.15) is 33.6 Å². The zero-order valence-corrected chi connectivity index (χ0v) is 13.9. The van der Waals surface area contributed by atoms with Crippen LogP contribution in [0.5, 0.6) is 0 Å². The highest BCUT2D eigenvalue weighted by molar-refractivity contribution is 7.89. The predicted molar refractivity (Wildman–Crippen MR) is 87.8 cm³/mol. The van der Waals surface area contributed by atoms with Crippen LogP contribution in [-0.2, 0) is 10.0 Å². The highest BCUT2D eigenvalue weighted by atomic mass is 32.2. The van der Waals surface area contributed by atoms with E-state index < -0.39 is 10.0 Å². The topological polar surface area (TPSA) is 84.2 Å². The van der Waals surface area contributed by atoms with Crippen molar-refractivity contribution in [2.75, 3.05) is 18.4 Å². The maximum atomic E-state index is 12.3. The van der Waals surface area contributed by atoms with E-state index in [-0.39, 0.29) is 10.9 Å². The van der Waals surface area contributed by atoms with Gasteiger partial charge in [-0.15, -0.1) is 0 Å². The maximum Gasteiger partial charge on any atom is 0.242 e. The maximum absolute atomic E-state index is 12.3. The number of nitrogens with two attached hydrogens (primary N) is 1. The third kappa shape index (κ3) is 5.65. The van der Waals surface area contributed by atoms with Crippen molar-refractivity contribution in [3.05, 3.63) is 24.3 Å². The molecule has 0 aliphatic carbocycles. The second-order valence-corrected chi connectivity index (χ2v) is 7.34. The summed E-state index contributed by atoms with van der Waals surface area (Å²) < 4.78 is 27.2. The van der Waals surface area contributed by atoms with Crippen LogP contribution >= 0.6 is 0 Å². The molecule has 1 aromatic rings. The third-order valence-electron chi connectivity index (χ3n) is 3.12. The molecule has 0 spiro atoms. The molecule has 0 amide bonds. The first-order chi connectivity index (χ1) is 9.90. The molecule has 1 rings (SSSR count). The van der Waals surface area contributed by atoms with Gasteiger partial charge in [0.2, 0.25) is 10.0 Å². The molecule has 120 valence electrons. The van der Waals surface area contributed by atoms with E-state index in [4.69, 9.17) is 5.73 Å². The second kappa shape index (κ2) is 8.36. The minimum atomic E-state index is -3.49. The zero-order valence-electron chi connectivity index (χ0n) is 13.1. The summed E-state index contributed by atoms with van der Waals surface area (Å²) in [5.74, 6) is 0.494. The normalized spacial score (nSPS) is 13.4. The summed E-state index contributed by atoms with van der Waals surface area (Å²) in [5.41, 5.74) is 6.39. The number of benzene rings is 1. The Bertz CT molecular complexity index is 529. The van der Waals surface area contributed by atoms with Crippen molar-refractivity contribution in [3.63, 3.8) is 0 Å². The van der Waals surface area contributed by atoms with E-state index in [1.165, 1.54) is 0 Å². The Morgan fingerprint density at radius 3 is 2.48 bits per heavy atom. The number of rotatable bonds is 9. The van der Waals surface area contributed by atoms with Crippen LogP contribution in [0.3, 0.4) is 0 Å². The second-order valence-electron chi connectivity index (χ2n) is 5.60. The largest absolute Gasteiger partial charge is 0.380 e. The first kappa shape index (κ1) is 17.9. The van der Waals surface area contributed by atoms with E-state index in [0.717, 1.165) is 12.8 Å².